The molecule has 0 spiro atoms. The molecule has 1 aromatic heterocycles. The SMILES string of the molecule is COc1ccc(CN2CCNC(=O)C2Cc2cccc(-c3ccncc3)c2)c(OC)c1. The number of methoxy groups -OCH3 is 2. The molecule has 160 valence electrons. The number of carbonyl (C=O) groups excluding carboxylic acids is 1. The highest BCUT2D eigenvalue weighted by Crippen LogP contribution is 2.27. The first-order valence-corrected chi connectivity index (χ1v) is 10.4. The number of amides is 1. The van der Waals surface area contributed by atoms with Crippen LogP contribution in [0.4, 0.5) is 0 Å². The van der Waals surface area contributed by atoms with Crippen LogP contribution in [0, 0.1) is 0 Å². The molecule has 31 heavy (non-hydrogen) atoms. The number of carbonyl (C=O) groups is 1. The number of hydrogen-bond donors (Lipinski definition) is 1. The zero-order valence-electron chi connectivity index (χ0n) is 17.9. The second-order valence-corrected chi connectivity index (χ2v) is 7.60. The monoisotopic (exact) mass is 417 g/mol. The van der Waals surface area contributed by atoms with Crippen LogP contribution in [0.1, 0.15) is 11.1 Å². The lowest BCUT2D eigenvalue weighted by molar-refractivity contribution is -0.129. The van der Waals surface area contributed by atoms with Crippen LogP contribution in [0.5, 0.6) is 11.5 Å². The number of rotatable bonds is 7. The quantitative estimate of drug-likeness (QED) is 0.639. The fourth-order valence-electron chi connectivity index (χ4n) is 4.02. The molecule has 6 nitrogen and oxygen atoms in total. The Morgan fingerprint density at radius 1 is 1.03 bits per heavy atom. The molecule has 0 aliphatic carbocycles. The third kappa shape index (κ3) is 4.86. The lowest BCUT2D eigenvalue weighted by Crippen LogP contribution is -2.55. The molecule has 2 heterocycles. The molecule has 0 radical (unpaired) electrons. The van der Waals surface area contributed by atoms with Crippen molar-refractivity contribution in [3.8, 4) is 22.6 Å². The van der Waals surface area contributed by atoms with Gasteiger partial charge in [0.25, 0.3) is 0 Å². The van der Waals surface area contributed by atoms with Crippen LogP contribution in [-0.4, -0.2) is 49.1 Å². The lowest BCUT2D eigenvalue weighted by Gasteiger charge is -2.35. The largest absolute Gasteiger partial charge is 0.497 e. The van der Waals surface area contributed by atoms with E-state index in [4.69, 9.17) is 9.47 Å². The summed E-state index contributed by atoms with van der Waals surface area (Å²) in [5.74, 6) is 1.58. The number of ether oxygens (including phenoxy) is 2. The third-order valence-corrected chi connectivity index (χ3v) is 5.68. The number of nitrogens with zero attached hydrogens (tertiary/aromatic N) is 2. The van der Waals surface area contributed by atoms with Gasteiger partial charge in [-0.1, -0.05) is 30.3 Å². The molecule has 0 bridgehead atoms. The van der Waals surface area contributed by atoms with Gasteiger partial charge in [0.1, 0.15) is 11.5 Å². The number of benzene rings is 2. The predicted molar refractivity (Wildman–Crippen MR) is 120 cm³/mol. The van der Waals surface area contributed by atoms with Crippen LogP contribution in [-0.2, 0) is 17.8 Å². The van der Waals surface area contributed by atoms with Crippen LogP contribution in [0.25, 0.3) is 11.1 Å². The van der Waals surface area contributed by atoms with Crippen molar-refractivity contribution in [3.05, 3.63) is 78.1 Å². The molecular weight excluding hydrogens is 390 g/mol. The van der Waals surface area contributed by atoms with Crippen LogP contribution in [0.15, 0.2) is 67.0 Å². The second kappa shape index (κ2) is 9.62. The summed E-state index contributed by atoms with van der Waals surface area (Å²) in [7, 11) is 3.29. The molecule has 1 atom stereocenters. The van der Waals surface area contributed by atoms with Gasteiger partial charge < -0.3 is 14.8 Å². The topological polar surface area (TPSA) is 63.7 Å². The molecule has 1 N–H and O–H groups in total. The first-order chi connectivity index (χ1) is 15.2. The molecule has 1 amide bonds. The van der Waals surface area contributed by atoms with Crippen LogP contribution >= 0.6 is 0 Å². The minimum atomic E-state index is -0.242. The van der Waals surface area contributed by atoms with Crippen LogP contribution in [0.3, 0.4) is 0 Å². The van der Waals surface area contributed by atoms with Crippen molar-refractivity contribution in [2.24, 2.45) is 0 Å². The minimum absolute atomic E-state index is 0.0630. The fourth-order valence-corrected chi connectivity index (χ4v) is 4.02. The number of nitrogens with one attached hydrogen (secondary N) is 1. The highest BCUT2D eigenvalue weighted by atomic mass is 16.5. The Bertz CT molecular complexity index is 1040. The average molecular weight is 418 g/mol. The molecule has 3 aromatic rings. The smallest absolute Gasteiger partial charge is 0.237 e. The highest BCUT2D eigenvalue weighted by Gasteiger charge is 2.30. The number of pyridine rings is 1. The highest BCUT2D eigenvalue weighted by molar-refractivity contribution is 5.83. The van der Waals surface area contributed by atoms with Crippen molar-refractivity contribution < 1.29 is 14.3 Å². The number of piperazine rings is 1. The molecular formula is C25H27N3O3. The molecule has 6 heteroatoms. The summed E-state index contributed by atoms with van der Waals surface area (Å²) in [6.07, 6.45) is 4.23. The Kier molecular flexibility index (Phi) is 6.48. The van der Waals surface area contributed by atoms with Crippen LogP contribution < -0.4 is 14.8 Å². The van der Waals surface area contributed by atoms with Gasteiger partial charge in [-0.15, -0.1) is 0 Å². The summed E-state index contributed by atoms with van der Waals surface area (Å²) in [6.45, 7) is 2.07. The van der Waals surface area contributed by atoms with E-state index >= 15 is 0 Å². The van der Waals surface area contributed by atoms with E-state index in [1.54, 1.807) is 26.6 Å². The summed E-state index contributed by atoms with van der Waals surface area (Å²) in [5, 5.41) is 3.02. The van der Waals surface area contributed by atoms with Gasteiger partial charge in [-0.25, -0.2) is 0 Å². The van der Waals surface area contributed by atoms with E-state index in [-0.39, 0.29) is 11.9 Å². The minimum Gasteiger partial charge on any atom is -0.497 e. The molecule has 1 aliphatic rings. The van der Waals surface area contributed by atoms with Crippen molar-refractivity contribution in [3.63, 3.8) is 0 Å². The normalized spacial score (nSPS) is 16.6. The second-order valence-electron chi connectivity index (χ2n) is 7.60. The van der Waals surface area contributed by atoms with Crippen molar-refractivity contribution in [2.75, 3.05) is 27.3 Å². The number of aromatic nitrogens is 1. The Morgan fingerprint density at radius 3 is 2.65 bits per heavy atom. The summed E-state index contributed by atoms with van der Waals surface area (Å²) in [4.78, 5) is 19.1. The summed E-state index contributed by atoms with van der Waals surface area (Å²) in [5.41, 5.74) is 4.40. The lowest BCUT2D eigenvalue weighted by atomic mass is 9.97. The average Bonchev–Trinajstić information content (AvgIpc) is 2.82. The van der Waals surface area contributed by atoms with Crippen molar-refractivity contribution in [1.29, 1.82) is 0 Å². The third-order valence-electron chi connectivity index (χ3n) is 5.68. The molecule has 4 rings (SSSR count). The molecule has 2 aromatic carbocycles. The first-order valence-electron chi connectivity index (χ1n) is 10.4. The van der Waals surface area contributed by atoms with Gasteiger partial charge in [-0.2, -0.15) is 0 Å². The van der Waals surface area contributed by atoms with Gasteiger partial charge in [0, 0.05) is 43.7 Å². The Hall–Kier alpha value is -3.38. The Morgan fingerprint density at radius 2 is 1.87 bits per heavy atom. The molecule has 1 unspecified atom stereocenters. The van der Waals surface area contributed by atoms with E-state index in [0.717, 1.165) is 40.3 Å². The maximum absolute atomic E-state index is 12.8. The summed E-state index contributed by atoms with van der Waals surface area (Å²) in [6, 6.07) is 17.9. The molecule has 1 saturated heterocycles. The van der Waals surface area contributed by atoms with Gasteiger partial charge in [-0.05, 0) is 41.3 Å². The maximum atomic E-state index is 12.8. The van der Waals surface area contributed by atoms with E-state index in [1.165, 1.54) is 0 Å². The fraction of sp³-hybridized carbons (Fsp3) is 0.280. The van der Waals surface area contributed by atoms with E-state index in [9.17, 15) is 4.79 Å². The van der Waals surface area contributed by atoms with E-state index in [0.29, 0.717) is 19.5 Å². The van der Waals surface area contributed by atoms with Gasteiger partial charge in [-0.3, -0.25) is 14.7 Å². The predicted octanol–water partition coefficient (Wildman–Crippen LogP) is 3.31. The Labute approximate surface area is 182 Å². The summed E-state index contributed by atoms with van der Waals surface area (Å²) < 4.78 is 10.9. The number of hydrogen-bond acceptors (Lipinski definition) is 5. The molecule has 0 saturated carbocycles. The van der Waals surface area contributed by atoms with Gasteiger partial charge in [0.05, 0.1) is 20.3 Å². The zero-order chi connectivity index (χ0) is 21.6. The molecule has 1 fully saturated rings. The van der Waals surface area contributed by atoms with Crippen molar-refractivity contribution >= 4 is 5.91 Å². The van der Waals surface area contributed by atoms with E-state index in [1.807, 2.05) is 36.4 Å². The Balaban J connectivity index is 1.56. The maximum Gasteiger partial charge on any atom is 0.237 e. The molecule has 1 aliphatic heterocycles. The van der Waals surface area contributed by atoms with E-state index in [2.05, 4.69) is 33.4 Å². The standard InChI is InChI=1S/C25H27N3O3/c1-30-22-7-6-21(24(16-22)31-2)17-28-13-12-27-25(29)23(28)15-18-4-3-5-20(14-18)19-8-10-26-11-9-19/h3-11,14,16,23H,12-13,15,17H2,1-2H3,(H,27,29). The van der Waals surface area contributed by atoms with Crippen LogP contribution in [0.2, 0.25) is 0 Å². The van der Waals surface area contributed by atoms with Gasteiger partial charge in [0.15, 0.2) is 0 Å². The van der Waals surface area contributed by atoms with Gasteiger partial charge in [0.2, 0.25) is 5.91 Å². The van der Waals surface area contributed by atoms with Crippen molar-refractivity contribution in [2.45, 2.75) is 19.0 Å². The first kappa shape index (κ1) is 20.9. The van der Waals surface area contributed by atoms with E-state index < -0.39 is 0 Å². The van der Waals surface area contributed by atoms with Gasteiger partial charge >= 0.3 is 0 Å². The summed E-state index contributed by atoms with van der Waals surface area (Å²) >= 11 is 0. The van der Waals surface area contributed by atoms with Crippen molar-refractivity contribution in [1.82, 2.24) is 15.2 Å². The zero-order valence-corrected chi connectivity index (χ0v) is 17.9.